The number of aliphatic imine (C=N–C) groups is 1. The summed E-state index contributed by atoms with van der Waals surface area (Å²) in [6.07, 6.45) is 0. The van der Waals surface area contributed by atoms with Gasteiger partial charge in [0.25, 0.3) is 5.91 Å². The monoisotopic (exact) mass is 439 g/mol. The molecule has 1 saturated heterocycles. The van der Waals surface area contributed by atoms with Crippen molar-refractivity contribution < 1.29 is 9.53 Å². The Bertz CT molecular complexity index is 1080. The van der Waals surface area contributed by atoms with Crippen LogP contribution >= 0.6 is 23.5 Å². The fourth-order valence-corrected chi connectivity index (χ4v) is 6.03. The first-order valence-electron chi connectivity index (χ1n) is 10.00. The van der Waals surface area contributed by atoms with Crippen LogP contribution in [0.15, 0.2) is 56.2 Å². The van der Waals surface area contributed by atoms with Gasteiger partial charge in [-0.1, -0.05) is 29.5 Å². The van der Waals surface area contributed by atoms with Crippen LogP contribution in [-0.2, 0) is 4.79 Å². The van der Waals surface area contributed by atoms with Gasteiger partial charge >= 0.3 is 0 Å². The van der Waals surface area contributed by atoms with Gasteiger partial charge in [-0.15, -0.1) is 0 Å². The molecular weight excluding hydrogens is 414 g/mol. The highest BCUT2D eigenvalue weighted by molar-refractivity contribution is 8.19. The van der Waals surface area contributed by atoms with Crippen LogP contribution in [-0.4, -0.2) is 36.2 Å². The quantitative estimate of drug-likeness (QED) is 0.572. The lowest BCUT2D eigenvalue weighted by Crippen LogP contribution is -2.29. The summed E-state index contributed by atoms with van der Waals surface area (Å²) in [5.41, 5.74) is 4.30. The van der Waals surface area contributed by atoms with Crippen LogP contribution < -0.4 is 9.64 Å². The lowest BCUT2D eigenvalue weighted by molar-refractivity contribution is -0.122. The fraction of sp³-hybridized carbons (Fsp3) is 0.304. The SMILES string of the molecule is CCN1C(=O)/C(=C2\Sc3ccc(OC)cc3N2CC)SC1=Nc1ccc(C)cc1C. The highest BCUT2D eigenvalue weighted by atomic mass is 32.2. The van der Waals surface area contributed by atoms with Crippen molar-refractivity contribution in [3.63, 3.8) is 0 Å². The number of benzene rings is 2. The van der Waals surface area contributed by atoms with Crippen molar-refractivity contribution in [1.29, 1.82) is 0 Å². The van der Waals surface area contributed by atoms with Gasteiger partial charge in [0.15, 0.2) is 5.17 Å². The van der Waals surface area contributed by atoms with Gasteiger partial charge in [-0.25, -0.2) is 4.99 Å². The minimum Gasteiger partial charge on any atom is -0.497 e. The number of amides is 1. The van der Waals surface area contributed by atoms with Crippen molar-refractivity contribution in [1.82, 2.24) is 4.90 Å². The Balaban J connectivity index is 1.75. The van der Waals surface area contributed by atoms with E-state index in [0.717, 1.165) is 49.2 Å². The predicted octanol–water partition coefficient (Wildman–Crippen LogP) is 5.70. The van der Waals surface area contributed by atoms with E-state index in [-0.39, 0.29) is 5.91 Å². The third-order valence-corrected chi connectivity index (χ3v) is 7.55. The van der Waals surface area contributed by atoms with E-state index in [4.69, 9.17) is 9.73 Å². The molecule has 30 heavy (non-hydrogen) atoms. The van der Waals surface area contributed by atoms with Crippen LogP contribution in [0, 0.1) is 13.8 Å². The Hall–Kier alpha value is -2.38. The zero-order valence-corrected chi connectivity index (χ0v) is 19.5. The summed E-state index contributed by atoms with van der Waals surface area (Å²) in [5.74, 6) is 0.837. The minimum absolute atomic E-state index is 0.0201. The maximum absolute atomic E-state index is 13.3. The predicted molar refractivity (Wildman–Crippen MR) is 127 cm³/mol. The Labute approximate surface area is 186 Å². The molecule has 2 heterocycles. The van der Waals surface area contributed by atoms with Gasteiger partial charge in [0, 0.05) is 24.1 Å². The Morgan fingerprint density at radius 3 is 2.43 bits per heavy atom. The Morgan fingerprint density at radius 2 is 1.77 bits per heavy atom. The van der Waals surface area contributed by atoms with Gasteiger partial charge in [0.1, 0.15) is 15.7 Å². The number of carbonyl (C=O) groups excluding carboxylic acids is 1. The average molecular weight is 440 g/mol. The number of fused-ring (bicyclic) bond motifs is 1. The van der Waals surface area contributed by atoms with Crippen molar-refractivity contribution in [3.05, 3.63) is 57.5 Å². The number of thioether (sulfide) groups is 2. The number of amidine groups is 1. The van der Waals surface area contributed by atoms with E-state index in [2.05, 4.69) is 43.9 Å². The van der Waals surface area contributed by atoms with Gasteiger partial charge in [-0.05, 0) is 63.2 Å². The second kappa shape index (κ2) is 8.40. The molecule has 4 rings (SSSR count). The van der Waals surface area contributed by atoms with E-state index in [1.165, 1.54) is 17.3 Å². The van der Waals surface area contributed by atoms with Crippen molar-refractivity contribution in [2.45, 2.75) is 32.6 Å². The molecule has 0 aromatic heterocycles. The molecule has 7 heteroatoms. The number of rotatable bonds is 4. The summed E-state index contributed by atoms with van der Waals surface area (Å²) in [7, 11) is 1.67. The zero-order chi connectivity index (χ0) is 21.4. The first-order chi connectivity index (χ1) is 14.5. The number of nitrogens with zero attached hydrogens (tertiary/aromatic N) is 3. The molecule has 0 unspecified atom stereocenters. The summed E-state index contributed by atoms with van der Waals surface area (Å²) < 4.78 is 5.40. The van der Waals surface area contributed by atoms with E-state index in [0.29, 0.717) is 6.54 Å². The van der Waals surface area contributed by atoms with E-state index in [9.17, 15) is 4.79 Å². The number of aryl methyl sites for hydroxylation is 2. The van der Waals surface area contributed by atoms with Gasteiger partial charge in [-0.2, -0.15) is 0 Å². The molecule has 2 aromatic carbocycles. The van der Waals surface area contributed by atoms with Crippen LogP contribution in [0.3, 0.4) is 0 Å². The molecular formula is C23H25N3O2S2. The molecule has 156 valence electrons. The molecule has 0 spiro atoms. The topological polar surface area (TPSA) is 45.1 Å². The van der Waals surface area contributed by atoms with Gasteiger partial charge < -0.3 is 9.64 Å². The minimum atomic E-state index is 0.0201. The van der Waals surface area contributed by atoms with Crippen molar-refractivity contribution >= 4 is 46.0 Å². The van der Waals surface area contributed by atoms with E-state index >= 15 is 0 Å². The van der Waals surface area contributed by atoms with Crippen LogP contribution in [0.25, 0.3) is 0 Å². The smallest absolute Gasteiger partial charge is 0.269 e. The highest BCUT2D eigenvalue weighted by Gasteiger charge is 2.39. The third kappa shape index (κ3) is 3.61. The molecule has 1 fully saturated rings. The normalized spacial score (nSPS) is 19.8. The molecule has 5 nitrogen and oxygen atoms in total. The molecule has 0 radical (unpaired) electrons. The molecule has 2 aliphatic heterocycles. The number of ether oxygens (including phenoxy) is 1. The third-order valence-electron chi connectivity index (χ3n) is 5.17. The van der Waals surface area contributed by atoms with Crippen molar-refractivity contribution in [2.75, 3.05) is 25.1 Å². The standard InChI is InChI=1S/C23H25N3O2S2/c1-6-25-18-13-16(28-5)9-11-19(18)29-22(25)20-21(27)26(7-2)23(30-20)24-17-10-8-14(3)12-15(17)4/h8-13H,6-7H2,1-5H3/b22-20+,24-23?. The molecule has 2 aromatic rings. The number of hydrogen-bond donors (Lipinski definition) is 0. The van der Waals surface area contributed by atoms with E-state index in [1.54, 1.807) is 23.8 Å². The van der Waals surface area contributed by atoms with Crippen LogP contribution in [0.1, 0.15) is 25.0 Å². The number of carbonyl (C=O) groups is 1. The van der Waals surface area contributed by atoms with E-state index < -0.39 is 0 Å². The van der Waals surface area contributed by atoms with Gasteiger partial charge in [0.2, 0.25) is 0 Å². The largest absolute Gasteiger partial charge is 0.497 e. The van der Waals surface area contributed by atoms with Gasteiger partial charge in [-0.3, -0.25) is 9.69 Å². The summed E-state index contributed by atoms with van der Waals surface area (Å²) in [6, 6.07) is 12.2. The second-order valence-corrected chi connectivity index (χ2v) is 9.16. The Kier molecular flexibility index (Phi) is 5.84. The number of likely N-dealkylation sites (N-methyl/N-ethyl adjacent to an activating group) is 1. The summed E-state index contributed by atoms with van der Waals surface area (Å²) in [5, 5.41) is 1.71. The van der Waals surface area contributed by atoms with Crippen molar-refractivity contribution in [3.8, 4) is 5.75 Å². The maximum Gasteiger partial charge on any atom is 0.269 e. The van der Waals surface area contributed by atoms with Crippen LogP contribution in [0.5, 0.6) is 5.75 Å². The molecule has 0 saturated carbocycles. The molecule has 0 bridgehead atoms. The summed E-state index contributed by atoms with van der Waals surface area (Å²) >= 11 is 3.11. The zero-order valence-electron chi connectivity index (χ0n) is 17.9. The maximum atomic E-state index is 13.3. The van der Waals surface area contributed by atoms with Crippen LogP contribution in [0.2, 0.25) is 0 Å². The van der Waals surface area contributed by atoms with Crippen molar-refractivity contribution in [2.24, 2.45) is 4.99 Å². The number of anilines is 1. The van der Waals surface area contributed by atoms with Crippen LogP contribution in [0.4, 0.5) is 11.4 Å². The summed E-state index contributed by atoms with van der Waals surface area (Å²) in [6.45, 7) is 9.57. The average Bonchev–Trinajstić information content (AvgIpc) is 3.25. The molecule has 1 amide bonds. The first-order valence-corrected chi connectivity index (χ1v) is 11.6. The lowest BCUT2D eigenvalue weighted by Gasteiger charge is -2.19. The van der Waals surface area contributed by atoms with Gasteiger partial charge in [0.05, 0.1) is 18.5 Å². The lowest BCUT2D eigenvalue weighted by atomic mass is 10.1. The number of hydrogen-bond acceptors (Lipinski definition) is 6. The molecule has 0 atom stereocenters. The molecule has 0 aliphatic carbocycles. The first kappa shape index (κ1) is 20.9. The molecule has 2 aliphatic rings. The number of methoxy groups -OCH3 is 1. The van der Waals surface area contributed by atoms with E-state index in [1.807, 2.05) is 25.1 Å². The molecule has 0 N–H and O–H groups in total. The Morgan fingerprint density at radius 1 is 1.00 bits per heavy atom. The second-order valence-electron chi connectivity index (χ2n) is 7.15. The summed E-state index contributed by atoms with van der Waals surface area (Å²) in [4.78, 5) is 24.0. The highest BCUT2D eigenvalue weighted by Crippen LogP contribution is 2.51. The fourth-order valence-electron chi connectivity index (χ4n) is 3.60.